The van der Waals surface area contributed by atoms with Gasteiger partial charge < -0.3 is 15.1 Å². The minimum atomic E-state index is -0.0489. The second kappa shape index (κ2) is 14.9. The summed E-state index contributed by atoms with van der Waals surface area (Å²) in [5, 5.41) is 3.07. The first-order valence-electron chi connectivity index (χ1n) is 14.7. The number of hydrogen-bond acceptors (Lipinski definition) is 4. The van der Waals surface area contributed by atoms with E-state index in [0.717, 1.165) is 58.3 Å². The Labute approximate surface area is 256 Å². The summed E-state index contributed by atoms with van der Waals surface area (Å²) in [4.78, 5) is 34.9. The van der Waals surface area contributed by atoms with Gasteiger partial charge in [-0.05, 0) is 96.6 Å². The number of nitrogens with zero attached hydrogens (tertiary/aromatic N) is 3. The Balaban J connectivity index is 1.28. The largest absolute Gasteiger partial charge is 0.351 e. The second-order valence-electron chi connectivity index (χ2n) is 10.8. The maximum atomic E-state index is 13.6. The normalized spacial score (nSPS) is 13.2. The summed E-state index contributed by atoms with van der Waals surface area (Å²) in [5.74, 6) is 0.0288. The van der Waals surface area contributed by atoms with Crippen LogP contribution in [0, 0.1) is 0 Å². The Morgan fingerprint density at radius 2 is 1.60 bits per heavy atom. The van der Waals surface area contributed by atoms with Crippen molar-refractivity contribution in [2.75, 3.05) is 32.7 Å². The van der Waals surface area contributed by atoms with Crippen molar-refractivity contribution in [2.45, 2.75) is 32.2 Å². The Kier molecular flexibility index (Phi) is 10.5. The fraction of sp³-hybridized carbons (Fsp3) is 0.286. The van der Waals surface area contributed by atoms with Crippen LogP contribution in [0.2, 0.25) is 0 Å². The van der Waals surface area contributed by atoms with Crippen LogP contribution in [0.5, 0.6) is 0 Å². The van der Waals surface area contributed by atoms with Gasteiger partial charge in [-0.15, -0.1) is 0 Å². The number of hydrogen-bond donors (Lipinski definition) is 1. The van der Waals surface area contributed by atoms with Crippen LogP contribution in [0.3, 0.4) is 0 Å². The summed E-state index contributed by atoms with van der Waals surface area (Å²) in [7, 11) is 0. The molecule has 2 amide bonds. The Morgan fingerprint density at radius 1 is 0.857 bits per heavy atom. The summed E-state index contributed by atoms with van der Waals surface area (Å²) in [5.41, 5.74) is 5.82. The molecule has 0 radical (unpaired) electrons. The van der Waals surface area contributed by atoms with Crippen LogP contribution >= 0.6 is 15.9 Å². The van der Waals surface area contributed by atoms with Crippen LogP contribution in [0.25, 0.3) is 11.1 Å². The highest BCUT2D eigenvalue weighted by Gasteiger charge is 2.17. The number of nitrogens with one attached hydrogen (secondary N) is 1. The lowest BCUT2D eigenvalue weighted by atomic mass is 10.0. The molecule has 1 N–H and O–H groups in total. The maximum Gasteiger partial charge on any atom is 0.251 e. The Bertz CT molecular complexity index is 1490. The average Bonchev–Trinajstić information content (AvgIpc) is 3.55. The number of rotatable bonds is 12. The molecule has 3 aromatic carbocycles. The van der Waals surface area contributed by atoms with E-state index in [2.05, 4.69) is 49.3 Å². The molecule has 1 aromatic heterocycles. The van der Waals surface area contributed by atoms with Gasteiger partial charge in [-0.3, -0.25) is 14.6 Å². The van der Waals surface area contributed by atoms with Gasteiger partial charge in [0.05, 0.1) is 6.42 Å². The van der Waals surface area contributed by atoms with Gasteiger partial charge in [-0.2, -0.15) is 0 Å². The van der Waals surface area contributed by atoms with Crippen LogP contribution in [0.4, 0.5) is 0 Å². The molecule has 5 rings (SSSR count). The van der Waals surface area contributed by atoms with Crippen molar-refractivity contribution >= 4 is 27.7 Å². The molecule has 0 atom stereocenters. The van der Waals surface area contributed by atoms with Gasteiger partial charge in [0.2, 0.25) is 5.91 Å². The standard InChI is InChI=1S/C35H37BrN4O2/c36-33-12-2-1-8-31(33)25-34(41)40(21-15-27-13-16-37-17-14-27)26-28-7-5-9-29(23-28)30-10-6-11-32(24-30)35(42)38-18-22-39-19-3-4-20-39/h1-2,5-14,16-17,23-24H,3-4,15,18-22,25-26H2,(H,38,42). The molecule has 0 unspecified atom stereocenters. The zero-order chi connectivity index (χ0) is 29.1. The minimum absolute atomic E-state index is 0.0489. The van der Waals surface area contributed by atoms with E-state index in [4.69, 9.17) is 0 Å². The molecular formula is C35H37BrN4O2. The SMILES string of the molecule is O=C(NCCN1CCCC1)c1cccc(-c2cccc(CN(CCc3ccncc3)C(=O)Cc3ccccc3Br)c2)c1. The first kappa shape index (κ1) is 29.7. The van der Waals surface area contributed by atoms with E-state index >= 15 is 0 Å². The average molecular weight is 626 g/mol. The van der Waals surface area contributed by atoms with E-state index < -0.39 is 0 Å². The Hall–Kier alpha value is -3.81. The zero-order valence-corrected chi connectivity index (χ0v) is 25.4. The fourth-order valence-corrected chi connectivity index (χ4v) is 5.79. The van der Waals surface area contributed by atoms with Gasteiger partial charge in [0, 0.05) is 48.6 Å². The molecule has 0 spiro atoms. The molecule has 1 fully saturated rings. The number of carbonyl (C=O) groups is 2. The quantitative estimate of drug-likeness (QED) is 0.205. The predicted octanol–water partition coefficient (Wildman–Crippen LogP) is 6.15. The van der Waals surface area contributed by atoms with Crippen molar-refractivity contribution in [3.8, 4) is 11.1 Å². The molecule has 0 aliphatic carbocycles. The molecular weight excluding hydrogens is 588 g/mol. The molecule has 42 heavy (non-hydrogen) atoms. The Morgan fingerprint density at radius 3 is 2.38 bits per heavy atom. The highest BCUT2D eigenvalue weighted by molar-refractivity contribution is 9.10. The third-order valence-corrected chi connectivity index (χ3v) is 8.52. The van der Waals surface area contributed by atoms with E-state index in [1.807, 2.05) is 71.6 Å². The molecule has 1 aliphatic heterocycles. The second-order valence-corrected chi connectivity index (χ2v) is 11.6. The first-order chi connectivity index (χ1) is 20.5. The number of amides is 2. The number of benzene rings is 3. The predicted molar refractivity (Wildman–Crippen MR) is 171 cm³/mol. The minimum Gasteiger partial charge on any atom is -0.351 e. The lowest BCUT2D eigenvalue weighted by Gasteiger charge is -2.24. The number of likely N-dealkylation sites (tertiary alicyclic amines) is 1. The number of aromatic nitrogens is 1. The lowest BCUT2D eigenvalue weighted by molar-refractivity contribution is -0.131. The smallest absolute Gasteiger partial charge is 0.251 e. The van der Waals surface area contributed by atoms with Crippen LogP contribution in [-0.2, 0) is 24.2 Å². The van der Waals surface area contributed by atoms with E-state index in [1.165, 1.54) is 12.8 Å². The van der Waals surface area contributed by atoms with Crippen LogP contribution in [0.1, 0.15) is 39.9 Å². The van der Waals surface area contributed by atoms with Gasteiger partial charge in [0.25, 0.3) is 5.91 Å². The molecule has 1 aliphatic rings. The third-order valence-electron chi connectivity index (χ3n) is 7.74. The molecule has 0 saturated carbocycles. The van der Waals surface area contributed by atoms with Gasteiger partial charge in [0.1, 0.15) is 0 Å². The summed E-state index contributed by atoms with van der Waals surface area (Å²) >= 11 is 3.59. The van der Waals surface area contributed by atoms with Crippen molar-refractivity contribution in [3.05, 3.63) is 124 Å². The molecule has 216 valence electrons. The molecule has 0 bridgehead atoms. The fourth-order valence-electron chi connectivity index (χ4n) is 5.37. The highest BCUT2D eigenvalue weighted by Crippen LogP contribution is 2.23. The number of pyridine rings is 1. The maximum absolute atomic E-state index is 13.6. The first-order valence-corrected chi connectivity index (χ1v) is 15.4. The van der Waals surface area contributed by atoms with Gasteiger partial charge in [-0.1, -0.05) is 64.5 Å². The van der Waals surface area contributed by atoms with Crippen molar-refractivity contribution < 1.29 is 9.59 Å². The highest BCUT2D eigenvalue weighted by atomic mass is 79.9. The van der Waals surface area contributed by atoms with Crippen LogP contribution in [0.15, 0.2) is 102 Å². The topological polar surface area (TPSA) is 65.5 Å². The molecule has 6 nitrogen and oxygen atoms in total. The zero-order valence-electron chi connectivity index (χ0n) is 23.8. The van der Waals surface area contributed by atoms with Gasteiger partial charge in [0.15, 0.2) is 0 Å². The third kappa shape index (κ3) is 8.37. The van der Waals surface area contributed by atoms with E-state index in [9.17, 15) is 9.59 Å². The van der Waals surface area contributed by atoms with Crippen LogP contribution < -0.4 is 5.32 Å². The summed E-state index contributed by atoms with van der Waals surface area (Å²) < 4.78 is 0.939. The summed E-state index contributed by atoms with van der Waals surface area (Å²) in [6, 6.07) is 27.9. The number of halogens is 1. The van der Waals surface area contributed by atoms with E-state index in [1.54, 1.807) is 12.4 Å². The van der Waals surface area contributed by atoms with Crippen LogP contribution in [-0.4, -0.2) is 59.3 Å². The monoisotopic (exact) mass is 624 g/mol. The molecule has 4 aromatic rings. The summed E-state index contributed by atoms with van der Waals surface area (Å²) in [6.45, 7) is 4.90. The van der Waals surface area contributed by atoms with Crippen molar-refractivity contribution in [2.24, 2.45) is 0 Å². The van der Waals surface area contributed by atoms with Crippen molar-refractivity contribution in [1.29, 1.82) is 0 Å². The molecule has 1 saturated heterocycles. The van der Waals surface area contributed by atoms with Crippen molar-refractivity contribution in [3.63, 3.8) is 0 Å². The van der Waals surface area contributed by atoms with E-state index in [-0.39, 0.29) is 11.8 Å². The summed E-state index contributed by atoms with van der Waals surface area (Å²) in [6.07, 6.45) is 7.14. The van der Waals surface area contributed by atoms with Gasteiger partial charge >= 0.3 is 0 Å². The molecule has 2 heterocycles. The van der Waals surface area contributed by atoms with Crippen molar-refractivity contribution in [1.82, 2.24) is 20.1 Å². The molecule has 7 heteroatoms. The van der Waals surface area contributed by atoms with Gasteiger partial charge in [-0.25, -0.2) is 0 Å². The van der Waals surface area contributed by atoms with E-state index in [0.29, 0.717) is 31.6 Å². The number of carbonyl (C=O) groups excluding carboxylic acids is 2. The lowest BCUT2D eigenvalue weighted by Crippen LogP contribution is -2.33.